The molecule has 2 heterocycles. The van der Waals surface area contributed by atoms with E-state index in [0.717, 1.165) is 32.2 Å². The van der Waals surface area contributed by atoms with Gasteiger partial charge in [-0.2, -0.15) is 0 Å². The highest BCUT2D eigenvalue weighted by atomic mass is 16.5. The van der Waals surface area contributed by atoms with Crippen LogP contribution in [0.5, 0.6) is 0 Å². The lowest BCUT2D eigenvalue weighted by Crippen LogP contribution is -2.38. The summed E-state index contributed by atoms with van der Waals surface area (Å²) in [6, 6.07) is 0.639. The Morgan fingerprint density at radius 3 is 2.32 bits per heavy atom. The summed E-state index contributed by atoms with van der Waals surface area (Å²) < 4.78 is 5.89. The third-order valence-electron chi connectivity index (χ3n) is 5.33. The molecule has 2 fully saturated rings. The van der Waals surface area contributed by atoms with Gasteiger partial charge in [-0.25, -0.2) is 0 Å². The Hall–Kier alpha value is -0.160. The molecule has 22 heavy (non-hydrogen) atoms. The van der Waals surface area contributed by atoms with Crippen LogP contribution in [0.15, 0.2) is 0 Å². The summed E-state index contributed by atoms with van der Waals surface area (Å²) in [5, 5.41) is 0. The predicted octanol–water partition coefficient (Wildman–Crippen LogP) is 2.15. The maximum absolute atomic E-state index is 5.89. The first kappa shape index (κ1) is 18.2. The van der Waals surface area contributed by atoms with Crippen LogP contribution in [0.1, 0.15) is 39.5 Å². The summed E-state index contributed by atoms with van der Waals surface area (Å²) in [4.78, 5) is 7.70. The van der Waals surface area contributed by atoms with E-state index in [0.29, 0.717) is 6.04 Å². The number of hydrogen-bond donors (Lipinski definition) is 0. The SMILES string of the molecule is CC(C)N1CCCCN(CC2CCN(C)CC2)CCOCC1. The molecule has 2 rings (SSSR count). The first-order chi connectivity index (χ1) is 10.6. The van der Waals surface area contributed by atoms with Crippen LogP contribution < -0.4 is 0 Å². The molecule has 0 unspecified atom stereocenters. The van der Waals surface area contributed by atoms with Gasteiger partial charge in [-0.15, -0.1) is 0 Å². The van der Waals surface area contributed by atoms with Crippen LogP contribution in [0.4, 0.5) is 0 Å². The molecule has 0 radical (unpaired) electrons. The van der Waals surface area contributed by atoms with E-state index in [1.807, 2.05) is 0 Å². The normalized spacial score (nSPS) is 26.2. The van der Waals surface area contributed by atoms with Crippen molar-refractivity contribution in [2.24, 2.45) is 5.92 Å². The van der Waals surface area contributed by atoms with Crippen molar-refractivity contribution in [1.82, 2.24) is 14.7 Å². The van der Waals surface area contributed by atoms with Gasteiger partial charge in [-0.3, -0.25) is 4.90 Å². The van der Waals surface area contributed by atoms with Crippen LogP contribution in [-0.4, -0.2) is 86.8 Å². The molecule has 0 aliphatic carbocycles. The van der Waals surface area contributed by atoms with Gasteiger partial charge in [-0.05, 0) is 78.7 Å². The lowest BCUT2D eigenvalue weighted by atomic mass is 9.96. The van der Waals surface area contributed by atoms with Crippen molar-refractivity contribution in [3.05, 3.63) is 0 Å². The Morgan fingerprint density at radius 2 is 1.59 bits per heavy atom. The van der Waals surface area contributed by atoms with Crippen molar-refractivity contribution >= 4 is 0 Å². The monoisotopic (exact) mass is 311 g/mol. The zero-order valence-corrected chi connectivity index (χ0v) is 15.1. The second-order valence-electron chi connectivity index (χ2n) is 7.50. The highest BCUT2D eigenvalue weighted by Gasteiger charge is 2.20. The molecular weight excluding hydrogens is 274 g/mol. The van der Waals surface area contributed by atoms with E-state index in [9.17, 15) is 0 Å². The summed E-state index contributed by atoms with van der Waals surface area (Å²) in [5.74, 6) is 0.897. The molecule has 0 bridgehead atoms. The molecule has 0 N–H and O–H groups in total. The predicted molar refractivity (Wildman–Crippen MR) is 93.4 cm³/mol. The lowest BCUT2D eigenvalue weighted by Gasteiger charge is -2.33. The minimum absolute atomic E-state index is 0.639. The minimum atomic E-state index is 0.639. The smallest absolute Gasteiger partial charge is 0.0594 e. The highest BCUT2D eigenvalue weighted by molar-refractivity contribution is 4.74. The van der Waals surface area contributed by atoms with Gasteiger partial charge in [0.2, 0.25) is 0 Å². The fourth-order valence-corrected chi connectivity index (χ4v) is 3.66. The Morgan fingerprint density at radius 1 is 0.909 bits per heavy atom. The Bertz CT molecular complexity index is 290. The second kappa shape index (κ2) is 9.86. The summed E-state index contributed by atoms with van der Waals surface area (Å²) in [7, 11) is 2.25. The molecule has 0 aromatic heterocycles. The average molecular weight is 312 g/mol. The van der Waals surface area contributed by atoms with E-state index in [4.69, 9.17) is 4.74 Å². The van der Waals surface area contributed by atoms with E-state index in [2.05, 4.69) is 35.6 Å². The molecule has 2 saturated heterocycles. The lowest BCUT2D eigenvalue weighted by molar-refractivity contribution is 0.0742. The van der Waals surface area contributed by atoms with E-state index in [1.54, 1.807) is 0 Å². The molecule has 0 atom stereocenters. The van der Waals surface area contributed by atoms with Crippen LogP contribution in [0.3, 0.4) is 0 Å². The molecule has 2 aliphatic rings. The van der Waals surface area contributed by atoms with Gasteiger partial charge in [-0.1, -0.05) is 0 Å². The summed E-state index contributed by atoms with van der Waals surface area (Å²) >= 11 is 0. The first-order valence-electron chi connectivity index (χ1n) is 9.38. The van der Waals surface area contributed by atoms with Crippen molar-refractivity contribution in [2.45, 2.75) is 45.6 Å². The summed E-state index contributed by atoms with van der Waals surface area (Å²) in [6.07, 6.45) is 5.39. The van der Waals surface area contributed by atoms with Crippen molar-refractivity contribution in [1.29, 1.82) is 0 Å². The van der Waals surface area contributed by atoms with Crippen molar-refractivity contribution in [3.63, 3.8) is 0 Å². The van der Waals surface area contributed by atoms with Crippen molar-refractivity contribution in [3.8, 4) is 0 Å². The zero-order chi connectivity index (χ0) is 15.8. The number of ether oxygens (including phenoxy) is 1. The quantitative estimate of drug-likeness (QED) is 0.795. The molecule has 130 valence electrons. The van der Waals surface area contributed by atoms with Crippen LogP contribution in [-0.2, 0) is 4.74 Å². The van der Waals surface area contributed by atoms with Gasteiger partial charge >= 0.3 is 0 Å². The van der Waals surface area contributed by atoms with E-state index in [1.165, 1.54) is 58.4 Å². The van der Waals surface area contributed by atoms with Crippen molar-refractivity contribution < 1.29 is 4.74 Å². The van der Waals surface area contributed by atoms with Crippen LogP contribution in [0, 0.1) is 5.92 Å². The molecule has 0 saturated carbocycles. The van der Waals surface area contributed by atoms with Crippen LogP contribution >= 0.6 is 0 Å². The maximum Gasteiger partial charge on any atom is 0.0594 e. The molecule has 4 nitrogen and oxygen atoms in total. The number of hydrogen-bond acceptors (Lipinski definition) is 4. The fourth-order valence-electron chi connectivity index (χ4n) is 3.66. The van der Waals surface area contributed by atoms with E-state index < -0.39 is 0 Å². The van der Waals surface area contributed by atoms with Gasteiger partial charge in [0.1, 0.15) is 0 Å². The van der Waals surface area contributed by atoms with Gasteiger partial charge in [0, 0.05) is 25.7 Å². The number of nitrogens with zero attached hydrogens (tertiary/aromatic N) is 3. The average Bonchev–Trinajstić information content (AvgIpc) is 2.54. The maximum atomic E-state index is 5.89. The Balaban J connectivity index is 1.75. The molecule has 0 amide bonds. The fraction of sp³-hybridized carbons (Fsp3) is 1.00. The van der Waals surface area contributed by atoms with Crippen LogP contribution in [0.25, 0.3) is 0 Å². The number of piperidine rings is 1. The van der Waals surface area contributed by atoms with Crippen LogP contribution in [0.2, 0.25) is 0 Å². The van der Waals surface area contributed by atoms with Gasteiger partial charge in [0.25, 0.3) is 0 Å². The van der Waals surface area contributed by atoms with Crippen molar-refractivity contribution in [2.75, 3.05) is 66.1 Å². The molecule has 4 heteroatoms. The molecule has 2 aliphatic heterocycles. The first-order valence-corrected chi connectivity index (χ1v) is 9.38. The standard InChI is InChI=1S/C18H37N3O/c1-17(2)21-9-5-4-8-20(12-14-22-15-13-21)16-18-6-10-19(3)11-7-18/h17-18H,4-16H2,1-3H3. The van der Waals surface area contributed by atoms with Gasteiger partial charge in [0.05, 0.1) is 13.2 Å². The van der Waals surface area contributed by atoms with Gasteiger partial charge in [0.15, 0.2) is 0 Å². The minimum Gasteiger partial charge on any atom is -0.379 e. The molecule has 0 aromatic rings. The Labute approximate surface area is 137 Å². The molecular formula is C18H37N3O. The third kappa shape index (κ3) is 6.53. The van der Waals surface area contributed by atoms with E-state index >= 15 is 0 Å². The topological polar surface area (TPSA) is 19.0 Å². The van der Waals surface area contributed by atoms with E-state index in [-0.39, 0.29) is 0 Å². The zero-order valence-electron chi connectivity index (χ0n) is 15.1. The number of likely N-dealkylation sites (tertiary alicyclic amines) is 1. The second-order valence-corrected chi connectivity index (χ2v) is 7.50. The Kier molecular flexibility index (Phi) is 8.15. The summed E-state index contributed by atoms with van der Waals surface area (Å²) in [6.45, 7) is 14.9. The highest BCUT2D eigenvalue weighted by Crippen LogP contribution is 2.17. The summed E-state index contributed by atoms with van der Waals surface area (Å²) in [5.41, 5.74) is 0. The molecule has 0 spiro atoms. The number of rotatable bonds is 3. The van der Waals surface area contributed by atoms with Gasteiger partial charge < -0.3 is 14.5 Å². The largest absolute Gasteiger partial charge is 0.379 e. The third-order valence-corrected chi connectivity index (χ3v) is 5.33. The molecule has 0 aromatic carbocycles.